The summed E-state index contributed by atoms with van der Waals surface area (Å²) in [5.41, 5.74) is -0.532. The van der Waals surface area contributed by atoms with Gasteiger partial charge >= 0.3 is 17.9 Å². The maximum atomic E-state index is 11.6. The summed E-state index contributed by atoms with van der Waals surface area (Å²) in [7, 11) is 0. The molecule has 38 heavy (non-hydrogen) atoms. The van der Waals surface area contributed by atoms with E-state index in [2.05, 4.69) is 32.1 Å². The smallest absolute Gasteiger partial charge is 0.359 e. The molecule has 14 heteroatoms. The molecule has 214 valence electrons. The number of carbonyl (C=O) groups excluding carboxylic acids is 7. The summed E-state index contributed by atoms with van der Waals surface area (Å²) in [6, 6.07) is 0. The Morgan fingerprint density at radius 3 is 1.58 bits per heavy atom. The maximum Gasteiger partial charge on any atom is 0.359 e. The van der Waals surface area contributed by atoms with Crippen molar-refractivity contribution in [3.05, 3.63) is 12.2 Å². The summed E-state index contributed by atoms with van der Waals surface area (Å²) in [6.07, 6.45) is 1.03. The van der Waals surface area contributed by atoms with Gasteiger partial charge in [0, 0.05) is 31.3 Å². The number of hydrogen-bond donors (Lipinski definition) is 1. The highest BCUT2D eigenvalue weighted by Gasteiger charge is 2.37. The third-order valence-corrected chi connectivity index (χ3v) is 5.28. The van der Waals surface area contributed by atoms with Crippen LogP contribution in [0.25, 0.3) is 0 Å². The van der Waals surface area contributed by atoms with Crippen molar-refractivity contribution in [2.75, 3.05) is 13.2 Å². The first kappa shape index (κ1) is 34.9. The number of ether oxygens (including phenoxy) is 1. The van der Waals surface area contributed by atoms with Gasteiger partial charge in [-0.05, 0) is 41.0 Å². The molecule has 2 saturated heterocycles. The second-order valence-corrected chi connectivity index (χ2v) is 11.3. The Bertz CT molecular complexity index is 922. The molecule has 0 aromatic carbocycles. The molecule has 0 aromatic rings. The van der Waals surface area contributed by atoms with Gasteiger partial charge < -0.3 is 19.5 Å². The standard InChI is InChI=1S/C10H15NO4.C8H9NO4.C6H11BrO3/c1-4-10(2,3)9(14)15-11-7(12)5-6-8(11)13;1-5(2)8(12)13-9-6(10)3-4-7(9)11;1-6(2,7)5(9)10-4-3-8/h4-6H2,1-3H3;1,3-4H2,2H3;8H,3-4H2,1-2H3. The zero-order valence-corrected chi connectivity index (χ0v) is 24.0. The van der Waals surface area contributed by atoms with Gasteiger partial charge in [0.1, 0.15) is 10.9 Å². The Labute approximate surface area is 229 Å². The molecule has 0 spiro atoms. The third kappa shape index (κ3) is 11.5. The van der Waals surface area contributed by atoms with Crippen LogP contribution < -0.4 is 0 Å². The topological polar surface area (TPSA) is 174 Å². The van der Waals surface area contributed by atoms with Gasteiger partial charge in [-0.2, -0.15) is 0 Å². The van der Waals surface area contributed by atoms with Crippen LogP contribution in [-0.4, -0.2) is 74.3 Å². The minimum atomic E-state index is -0.761. The summed E-state index contributed by atoms with van der Waals surface area (Å²) in [5.74, 6) is -3.53. The number of hydrogen-bond acceptors (Lipinski definition) is 11. The molecule has 0 saturated carbocycles. The van der Waals surface area contributed by atoms with Crippen LogP contribution in [-0.2, 0) is 48.0 Å². The molecule has 13 nitrogen and oxygen atoms in total. The van der Waals surface area contributed by atoms with E-state index in [4.69, 9.17) is 9.94 Å². The van der Waals surface area contributed by atoms with Gasteiger partial charge in [0.15, 0.2) is 0 Å². The fourth-order valence-corrected chi connectivity index (χ4v) is 2.25. The highest BCUT2D eigenvalue weighted by molar-refractivity contribution is 9.10. The van der Waals surface area contributed by atoms with Crippen LogP contribution in [0.2, 0.25) is 0 Å². The maximum absolute atomic E-state index is 11.6. The number of amides is 4. The van der Waals surface area contributed by atoms with E-state index < -0.39 is 45.3 Å². The van der Waals surface area contributed by atoms with E-state index in [0.29, 0.717) is 16.5 Å². The molecule has 0 aliphatic carbocycles. The highest BCUT2D eigenvalue weighted by Crippen LogP contribution is 2.24. The lowest BCUT2D eigenvalue weighted by molar-refractivity contribution is -0.204. The molecule has 1 N–H and O–H groups in total. The SMILES string of the molecule is C=C(C)C(=O)ON1C(=O)CCC1=O.CC(C)(Br)C(=O)OCCO.CCC(C)(C)C(=O)ON1C(=O)CCC1=O. The highest BCUT2D eigenvalue weighted by atomic mass is 79.9. The van der Waals surface area contributed by atoms with Gasteiger partial charge in [-0.15, -0.1) is 10.1 Å². The Morgan fingerprint density at radius 2 is 1.26 bits per heavy atom. The predicted octanol–water partition coefficient (Wildman–Crippen LogP) is 1.89. The van der Waals surface area contributed by atoms with E-state index >= 15 is 0 Å². The normalized spacial score (nSPS) is 15.3. The Balaban J connectivity index is 0.000000553. The molecule has 2 heterocycles. The Kier molecular flexibility index (Phi) is 14.1. The molecule has 2 fully saturated rings. The fourth-order valence-electron chi connectivity index (χ4n) is 2.14. The molecule has 0 bridgehead atoms. The zero-order chi connectivity index (χ0) is 29.8. The summed E-state index contributed by atoms with van der Waals surface area (Å²) >= 11 is 3.12. The molecule has 0 radical (unpaired) electrons. The van der Waals surface area contributed by atoms with E-state index in [-0.39, 0.29) is 50.4 Å². The molecule has 2 aliphatic rings. The predicted molar refractivity (Wildman–Crippen MR) is 134 cm³/mol. The van der Waals surface area contributed by atoms with Crippen molar-refractivity contribution in [2.24, 2.45) is 5.41 Å². The van der Waals surface area contributed by atoms with Crippen LogP contribution in [0.4, 0.5) is 0 Å². The van der Waals surface area contributed by atoms with Crippen LogP contribution in [0.1, 0.15) is 73.6 Å². The fraction of sp³-hybridized carbons (Fsp3) is 0.625. The van der Waals surface area contributed by atoms with Crippen LogP contribution in [0.3, 0.4) is 0 Å². The van der Waals surface area contributed by atoms with E-state index in [1.807, 2.05) is 6.92 Å². The van der Waals surface area contributed by atoms with E-state index in [1.165, 1.54) is 6.92 Å². The van der Waals surface area contributed by atoms with Crippen LogP contribution in [0.15, 0.2) is 12.2 Å². The number of hydroxylamine groups is 4. The molecule has 0 atom stereocenters. The average molecular weight is 607 g/mol. The lowest BCUT2D eigenvalue weighted by Gasteiger charge is -2.22. The van der Waals surface area contributed by atoms with E-state index in [1.54, 1.807) is 27.7 Å². The summed E-state index contributed by atoms with van der Waals surface area (Å²) in [5, 5.41) is 9.37. The number of carbonyl (C=O) groups is 7. The minimum absolute atomic E-state index is 0.0634. The summed E-state index contributed by atoms with van der Waals surface area (Å²) in [6.45, 7) is 13.3. The van der Waals surface area contributed by atoms with Crippen LogP contribution in [0, 0.1) is 5.41 Å². The number of halogens is 1. The van der Waals surface area contributed by atoms with Crippen molar-refractivity contribution in [3.8, 4) is 0 Å². The number of nitrogens with zero attached hydrogens (tertiary/aromatic N) is 2. The van der Waals surface area contributed by atoms with Crippen molar-refractivity contribution in [1.82, 2.24) is 10.1 Å². The zero-order valence-electron chi connectivity index (χ0n) is 22.5. The van der Waals surface area contributed by atoms with Gasteiger partial charge in [0.2, 0.25) is 0 Å². The number of aliphatic hydroxyl groups is 1. The van der Waals surface area contributed by atoms with Gasteiger partial charge in [-0.3, -0.25) is 24.0 Å². The monoisotopic (exact) mass is 606 g/mol. The minimum Gasteiger partial charge on any atom is -0.462 e. The molecular weight excluding hydrogens is 572 g/mol. The van der Waals surface area contributed by atoms with Gasteiger partial charge in [-0.1, -0.05) is 29.4 Å². The number of esters is 1. The second-order valence-electron chi connectivity index (χ2n) is 9.27. The van der Waals surface area contributed by atoms with Crippen molar-refractivity contribution < 1.29 is 53.1 Å². The van der Waals surface area contributed by atoms with E-state index in [0.717, 1.165) is 0 Å². The van der Waals surface area contributed by atoms with Gasteiger partial charge in [-0.25, -0.2) is 9.59 Å². The largest absolute Gasteiger partial charge is 0.462 e. The summed E-state index contributed by atoms with van der Waals surface area (Å²) in [4.78, 5) is 86.8. The number of rotatable bonds is 8. The first-order chi connectivity index (χ1) is 17.4. The number of aliphatic hydroxyl groups excluding tert-OH is 1. The first-order valence-corrected chi connectivity index (χ1v) is 12.5. The number of alkyl halides is 1. The van der Waals surface area contributed by atoms with E-state index in [9.17, 15) is 33.6 Å². The molecule has 4 amide bonds. The van der Waals surface area contributed by atoms with Crippen molar-refractivity contribution >= 4 is 57.5 Å². The number of imide groups is 2. The molecule has 2 rings (SSSR count). The molecule has 0 unspecified atom stereocenters. The summed E-state index contributed by atoms with van der Waals surface area (Å²) < 4.78 is 3.97. The first-order valence-electron chi connectivity index (χ1n) is 11.7. The lowest BCUT2D eigenvalue weighted by atomic mass is 9.91. The van der Waals surface area contributed by atoms with Gasteiger partial charge in [0.05, 0.1) is 12.0 Å². The van der Waals surface area contributed by atoms with Crippen LogP contribution in [0.5, 0.6) is 0 Å². The van der Waals surface area contributed by atoms with Crippen molar-refractivity contribution in [3.63, 3.8) is 0 Å². The molecule has 2 aliphatic heterocycles. The lowest BCUT2D eigenvalue weighted by Crippen LogP contribution is -2.37. The quantitative estimate of drug-likeness (QED) is 0.185. The van der Waals surface area contributed by atoms with Crippen molar-refractivity contribution in [1.29, 1.82) is 0 Å². The Morgan fingerprint density at radius 1 is 0.868 bits per heavy atom. The third-order valence-electron chi connectivity index (χ3n) is 4.95. The van der Waals surface area contributed by atoms with Crippen LogP contribution >= 0.6 is 15.9 Å². The van der Waals surface area contributed by atoms with Crippen molar-refractivity contribution in [2.45, 2.75) is 78.0 Å². The average Bonchev–Trinajstić information content (AvgIpc) is 3.32. The Hall–Kier alpha value is -3.13. The van der Waals surface area contributed by atoms with Gasteiger partial charge in [0.25, 0.3) is 23.6 Å². The second kappa shape index (κ2) is 15.3. The molecule has 0 aromatic heterocycles. The molecular formula is C24H35BrN2O11.